The average Bonchev–Trinajstić information content (AvgIpc) is 3.35. The Hall–Kier alpha value is -8.01. The number of pyridine rings is 3. The molecule has 63 heavy (non-hydrogen) atoms. The van der Waals surface area contributed by atoms with E-state index < -0.39 is 0 Å². The molecule has 300 valence electrons. The Bertz CT molecular complexity index is 2660. The van der Waals surface area contributed by atoms with Crippen molar-refractivity contribution in [2.75, 3.05) is 0 Å². The lowest BCUT2D eigenvalue weighted by molar-refractivity contribution is 1.27. The first-order valence-corrected chi connectivity index (χ1v) is 21.5. The summed E-state index contributed by atoms with van der Waals surface area (Å²) >= 11 is 0. The van der Waals surface area contributed by atoms with Crippen molar-refractivity contribution in [2.45, 2.75) is 20.8 Å². The van der Waals surface area contributed by atoms with Crippen molar-refractivity contribution in [3.63, 3.8) is 0 Å². The second-order valence-corrected chi connectivity index (χ2v) is 16.1. The number of hydrogen-bond donors (Lipinski definition) is 0. The molecule has 3 heterocycles. The average molecular weight is 808 g/mol. The summed E-state index contributed by atoms with van der Waals surface area (Å²) in [4.78, 5) is 15.9. The maximum absolute atomic E-state index is 5.30. The lowest BCUT2D eigenvalue weighted by Crippen LogP contribution is -2.03. The fraction of sp³-hybridized carbons (Fsp3) is 0.0500. The maximum Gasteiger partial charge on any atom is 0.0715 e. The van der Waals surface area contributed by atoms with Crippen LogP contribution in [0.25, 0.3) is 101 Å². The number of nitrogens with zero attached hydrogens (tertiary/aromatic N) is 3. The van der Waals surface area contributed by atoms with Crippen LogP contribution < -0.4 is 0 Å². The highest BCUT2D eigenvalue weighted by Gasteiger charge is 2.24. The van der Waals surface area contributed by atoms with Crippen LogP contribution in [0.15, 0.2) is 218 Å². The van der Waals surface area contributed by atoms with Crippen LogP contribution in [-0.4, -0.2) is 15.0 Å². The third-order valence-corrected chi connectivity index (χ3v) is 12.0. The Labute approximate surface area is 370 Å². The summed E-state index contributed by atoms with van der Waals surface area (Å²) in [5, 5.41) is 0. The lowest BCUT2D eigenvalue weighted by atomic mass is 9.80. The molecule has 0 fully saturated rings. The summed E-state index contributed by atoms with van der Waals surface area (Å²) < 4.78 is 0. The van der Waals surface area contributed by atoms with Crippen LogP contribution in [0.4, 0.5) is 0 Å². The van der Waals surface area contributed by atoms with Crippen LogP contribution in [-0.2, 0) is 0 Å². The van der Waals surface area contributed by atoms with Gasteiger partial charge in [0.25, 0.3) is 0 Å². The van der Waals surface area contributed by atoms with E-state index in [0.717, 1.165) is 84.2 Å². The number of rotatable bonds is 9. The SMILES string of the molecule is Cc1c(-c2cc(-c3ccccc3)nc(-c3ccccc3)c2)c(C)c(-c2cc(-c3ccccc3)nc(-c3ccccc3)c2)c(C)c1-c1cc(-c2ccccc2)nc(-c2ccccc2)c1. The third-order valence-electron chi connectivity index (χ3n) is 12.0. The quantitative estimate of drug-likeness (QED) is 0.146. The summed E-state index contributed by atoms with van der Waals surface area (Å²) in [6.07, 6.45) is 0. The molecule has 10 aromatic rings. The molecule has 0 atom stereocenters. The first kappa shape index (κ1) is 39.1. The van der Waals surface area contributed by atoms with Crippen molar-refractivity contribution in [3.05, 3.63) is 235 Å². The third kappa shape index (κ3) is 7.89. The molecule has 7 aromatic carbocycles. The molecule has 0 saturated heterocycles. The Balaban J connectivity index is 1.31. The predicted octanol–water partition coefficient (Wildman–Crippen LogP) is 15.8. The van der Waals surface area contributed by atoms with Crippen molar-refractivity contribution in [1.82, 2.24) is 15.0 Å². The van der Waals surface area contributed by atoms with E-state index in [2.05, 4.69) is 239 Å². The van der Waals surface area contributed by atoms with Crippen LogP contribution in [0, 0.1) is 20.8 Å². The van der Waals surface area contributed by atoms with E-state index in [1.54, 1.807) is 0 Å². The molecule has 0 aliphatic carbocycles. The van der Waals surface area contributed by atoms with Gasteiger partial charge in [0, 0.05) is 33.4 Å². The minimum Gasteiger partial charge on any atom is -0.248 e. The van der Waals surface area contributed by atoms with Crippen molar-refractivity contribution in [3.8, 4) is 101 Å². The van der Waals surface area contributed by atoms with Gasteiger partial charge in [-0.15, -0.1) is 0 Å². The molecular weight excluding hydrogens is 763 g/mol. The first-order valence-electron chi connectivity index (χ1n) is 21.5. The van der Waals surface area contributed by atoms with Crippen LogP contribution in [0.5, 0.6) is 0 Å². The molecule has 3 nitrogen and oxygen atoms in total. The lowest BCUT2D eigenvalue weighted by Gasteiger charge is -2.25. The van der Waals surface area contributed by atoms with Gasteiger partial charge in [-0.05, 0) is 107 Å². The number of benzene rings is 7. The molecule has 0 N–H and O–H groups in total. The Morgan fingerprint density at radius 3 is 0.524 bits per heavy atom. The van der Waals surface area contributed by atoms with Crippen molar-refractivity contribution >= 4 is 0 Å². The molecule has 0 spiro atoms. The van der Waals surface area contributed by atoms with Crippen LogP contribution in [0.1, 0.15) is 16.7 Å². The highest BCUT2D eigenvalue weighted by atomic mass is 14.7. The summed E-state index contributed by atoms with van der Waals surface area (Å²) in [6, 6.07) is 76.7. The molecular formula is C60H45N3. The smallest absolute Gasteiger partial charge is 0.0715 e. The summed E-state index contributed by atoms with van der Waals surface area (Å²) in [6.45, 7) is 6.88. The standard InChI is InChI=1S/C60H45N3/c1-40-58(49-34-52(43-22-10-4-11-23-43)61-53(35-49)44-24-12-5-13-25-44)41(2)60(51-38-56(47-30-18-8-19-31-47)63-57(39-51)48-32-20-9-21-33-48)42(3)59(40)50-36-54(45-26-14-6-15-27-45)62-55(37-50)46-28-16-7-17-29-46/h4-39H,1-3H3. The zero-order valence-electron chi connectivity index (χ0n) is 35.6. The van der Waals surface area contributed by atoms with Crippen molar-refractivity contribution < 1.29 is 0 Å². The second kappa shape index (κ2) is 17.2. The molecule has 0 aliphatic heterocycles. The maximum atomic E-state index is 5.30. The van der Waals surface area contributed by atoms with E-state index in [0.29, 0.717) is 0 Å². The molecule has 10 rings (SSSR count). The highest BCUT2D eigenvalue weighted by Crippen LogP contribution is 2.47. The summed E-state index contributed by atoms with van der Waals surface area (Å²) in [5.41, 5.74) is 22.5. The van der Waals surface area contributed by atoms with Gasteiger partial charge in [-0.3, -0.25) is 0 Å². The van der Waals surface area contributed by atoms with E-state index in [9.17, 15) is 0 Å². The van der Waals surface area contributed by atoms with E-state index >= 15 is 0 Å². The second-order valence-electron chi connectivity index (χ2n) is 16.1. The fourth-order valence-corrected chi connectivity index (χ4v) is 9.08. The Morgan fingerprint density at radius 1 is 0.206 bits per heavy atom. The largest absolute Gasteiger partial charge is 0.248 e. The molecule has 0 bridgehead atoms. The van der Waals surface area contributed by atoms with Gasteiger partial charge >= 0.3 is 0 Å². The summed E-state index contributed by atoms with van der Waals surface area (Å²) in [7, 11) is 0. The Kier molecular flexibility index (Phi) is 10.7. The normalized spacial score (nSPS) is 11.1. The number of hydrogen-bond acceptors (Lipinski definition) is 3. The van der Waals surface area contributed by atoms with Gasteiger partial charge in [0.1, 0.15) is 0 Å². The predicted molar refractivity (Wildman–Crippen MR) is 263 cm³/mol. The zero-order valence-corrected chi connectivity index (χ0v) is 35.6. The fourth-order valence-electron chi connectivity index (χ4n) is 9.08. The van der Waals surface area contributed by atoms with Gasteiger partial charge in [-0.2, -0.15) is 0 Å². The molecule has 0 saturated carbocycles. The van der Waals surface area contributed by atoms with Crippen LogP contribution >= 0.6 is 0 Å². The topological polar surface area (TPSA) is 38.7 Å². The highest BCUT2D eigenvalue weighted by molar-refractivity contribution is 5.95. The van der Waals surface area contributed by atoms with Gasteiger partial charge < -0.3 is 0 Å². The van der Waals surface area contributed by atoms with Crippen molar-refractivity contribution in [2.24, 2.45) is 0 Å². The summed E-state index contributed by atoms with van der Waals surface area (Å²) in [5.74, 6) is 0. The molecule has 0 radical (unpaired) electrons. The minimum absolute atomic E-state index is 0.928. The van der Waals surface area contributed by atoms with Gasteiger partial charge in [0.2, 0.25) is 0 Å². The van der Waals surface area contributed by atoms with Crippen molar-refractivity contribution in [1.29, 1.82) is 0 Å². The van der Waals surface area contributed by atoms with E-state index in [-0.39, 0.29) is 0 Å². The van der Waals surface area contributed by atoms with Gasteiger partial charge in [0.15, 0.2) is 0 Å². The van der Waals surface area contributed by atoms with Crippen LogP contribution in [0.2, 0.25) is 0 Å². The van der Waals surface area contributed by atoms with Gasteiger partial charge in [0.05, 0.1) is 34.2 Å². The van der Waals surface area contributed by atoms with Crippen LogP contribution in [0.3, 0.4) is 0 Å². The molecule has 0 amide bonds. The minimum atomic E-state index is 0.928. The molecule has 0 unspecified atom stereocenters. The zero-order chi connectivity index (χ0) is 42.7. The van der Waals surface area contributed by atoms with E-state index in [4.69, 9.17) is 15.0 Å². The Morgan fingerprint density at radius 2 is 0.365 bits per heavy atom. The molecule has 0 aliphatic rings. The van der Waals surface area contributed by atoms with Gasteiger partial charge in [-0.1, -0.05) is 182 Å². The number of aromatic nitrogens is 3. The van der Waals surface area contributed by atoms with Gasteiger partial charge in [-0.25, -0.2) is 15.0 Å². The first-order chi connectivity index (χ1) is 31.0. The van der Waals surface area contributed by atoms with E-state index in [1.807, 2.05) is 0 Å². The van der Waals surface area contributed by atoms with E-state index in [1.165, 1.54) is 33.4 Å². The molecule has 3 aromatic heterocycles. The monoisotopic (exact) mass is 807 g/mol. The molecule has 3 heteroatoms.